The van der Waals surface area contributed by atoms with E-state index in [2.05, 4.69) is 37.0 Å². The predicted octanol–water partition coefficient (Wildman–Crippen LogP) is 2.63. The molecule has 182 valence electrons. The first-order chi connectivity index (χ1) is 16.3. The van der Waals surface area contributed by atoms with Gasteiger partial charge in [0.2, 0.25) is 5.96 Å². The molecule has 1 saturated carbocycles. The number of hydrogen-bond donors (Lipinski definition) is 2. The summed E-state index contributed by atoms with van der Waals surface area (Å²) in [5.74, 6) is -0.891. The minimum Gasteiger partial charge on any atom is -0.382 e. The van der Waals surface area contributed by atoms with Crippen molar-refractivity contribution >= 4 is 12.7 Å². The first-order valence-corrected chi connectivity index (χ1v) is 11.1. The molecule has 0 radical (unpaired) electrons. The Bertz CT molecular complexity index is 1060. The molecule has 2 fully saturated rings. The lowest BCUT2D eigenvalue weighted by molar-refractivity contribution is -0.0181. The number of halogens is 3. The number of guanidine groups is 1. The van der Waals surface area contributed by atoms with E-state index in [0.29, 0.717) is 11.8 Å². The van der Waals surface area contributed by atoms with Crippen molar-refractivity contribution in [2.45, 2.75) is 38.0 Å². The van der Waals surface area contributed by atoms with Crippen LogP contribution < -0.4 is 5.32 Å². The number of β-amino-alcohol motifs (C(OH)–C–C–N with tert-alkyl or cyclic N) is 1. The third-order valence-electron chi connectivity index (χ3n) is 6.48. The Morgan fingerprint density at radius 1 is 1.29 bits per heavy atom. The van der Waals surface area contributed by atoms with Gasteiger partial charge in [-0.05, 0) is 44.4 Å². The van der Waals surface area contributed by atoms with E-state index >= 15 is 0 Å². The Morgan fingerprint density at radius 3 is 2.62 bits per heavy atom. The number of allylic oxidation sites excluding steroid dienone is 1. The monoisotopic (exact) mass is 475 g/mol. The zero-order valence-corrected chi connectivity index (χ0v) is 18.9. The number of rotatable bonds is 7. The van der Waals surface area contributed by atoms with Gasteiger partial charge in [-0.1, -0.05) is 6.07 Å². The highest BCUT2D eigenvalue weighted by Crippen LogP contribution is 2.40. The van der Waals surface area contributed by atoms with Crippen LogP contribution in [0, 0.1) is 23.5 Å². The quantitative estimate of drug-likeness (QED) is 0.475. The van der Waals surface area contributed by atoms with E-state index in [1.165, 1.54) is 30.3 Å². The maximum absolute atomic E-state index is 14.7. The summed E-state index contributed by atoms with van der Waals surface area (Å²) in [6.07, 6.45) is 5.61. The number of hydrogen-bond acceptors (Lipinski definition) is 5. The van der Waals surface area contributed by atoms with Crippen LogP contribution in [0.5, 0.6) is 0 Å². The van der Waals surface area contributed by atoms with Crippen molar-refractivity contribution in [3.05, 3.63) is 60.1 Å². The third kappa shape index (κ3) is 5.53. The second-order valence-electron chi connectivity index (χ2n) is 9.10. The van der Waals surface area contributed by atoms with Crippen LogP contribution in [0.3, 0.4) is 0 Å². The number of nitrogens with zero attached hydrogens (tertiary/aromatic N) is 6. The number of benzene rings is 1. The minimum atomic E-state index is -1.62. The first-order valence-electron chi connectivity index (χ1n) is 11.1. The standard InChI is InChI=1S/C23H28F3N7O/c1-15(24)8-29-22(27-2)31-19-5-16-9-32(10-17(16)6-19)11-23(34,12-33-14-28-13-30-33)20-4-3-18(25)7-21(20)26/h3-4,7-8,13-14,16-17,19,34H,2,5-6,9-12H2,1H3,(H,29,31)/b15-8+. The number of fused-ring (bicyclic) bond motifs is 1. The molecular weight excluding hydrogens is 447 g/mol. The van der Waals surface area contributed by atoms with Crippen LogP contribution in [0.1, 0.15) is 25.3 Å². The molecular formula is C23H28F3N7O. The van der Waals surface area contributed by atoms with Gasteiger partial charge in [0, 0.05) is 37.3 Å². The minimum absolute atomic E-state index is 0.0160. The SMILES string of the molecule is C=N/C(=N\C=C(/C)F)NC1CC2CN(CC(O)(Cn3cncn3)c3ccc(F)cc3F)CC2C1. The molecule has 2 heterocycles. The Morgan fingerprint density at radius 2 is 2.03 bits per heavy atom. The van der Waals surface area contributed by atoms with Gasteiger partial charge >= 0.3 is 0 Å². The van der Waals surface area contributed by atoms with Crippen molar-refractivity contribution in [3.63, 3.8) is 0 Å². The van der Waals surface area contributed by atoms with E-state index in [4.69, 9.17) is 0 Å². The van der Waals surface area contributed by atoms with E-state index in [9.17, 15) is 18.3 Å². The molecule has 4 rings (SSSR count). The summed E-state index contributed by atoms with van der Waals surface area (Å²) in [4.78, 5) is 13.8. The zero-order valence-electron chi connectivity index (χ0n) is 18.9. The molecule has 3 atom stereocenters. The van der Waals surface area contributed by atoms with Crippen LogP contribution in [-0.4, -0.2) is 63.1 Å². The molecule has 2 aliphatic rings. The normalized spacial score (nSPS) is 25.3. The molecule has 3 unspecified atom stereocenters. The fraction of sp³-hybridized carbons (Fsp3) is 0.478. The van der Waals surface area contributed by atoms with Crippen LogP contribution in [-0.2, 0) is 12.1 Å². The molecule has 34 heavy (non-hydrogen) atoms. The molecule has 1 aliphatic carbocycles. The van der Waals surface area contributed by atoms with Crippen molar-refractivity contribution in [1.82, 2.24) is 25.0 Å². The smallest absolute Gasteiger partial charge is 0.222 e. The molecule has 1 aromatic heterocycles. The van der Waals surface area contributed by atoms with Gasteiger partial charge in [-0.25, -0.2) is 32.8 Å². The van der Waals surface area contributed by atoms with Crippen molar-refractivity contribution in [3.8, 4) is 0 Å². The van der Waals surface area contributed by atoms with Gasteiger partial charge in [0.1, 0.15) is 35.7 Å². The van der Waals surface area contributed by atoms with Crippen LogP contribution in [0.2, 0.25) is 0 Å². The van der Waals surface area contributed by atoms with Crippen molar-refractivity contribution in [2.24, 2.45) is 21.8 Å². The van der Waals surface area contributed by atoms with E-state index < -0.39 is 23.1 Å². The molecule has 8 nitrogen and oxygen atoms in total. The number of aliphatic imine (C=N–C) groups is 2. The molecule has 2 aromatic rings. The number of nitrogens with one attached hydrogen (secondary N) is 1. The molecule has 1 aromatic carbocycles. The predicted molar refractivity (Wildman–Crippen MR) is 122 cm³/mol. The molecule has 1 aliphatic heterocycles. The van der Waals surface area contributed by atoms with Gasteiger partial charge in [-0.3, -0.25) is 4.90 Å². The van der Waals surface area contributed by atoms with Crippen LogP contribution in [0.15, 0.2) is 52.9 Å². The Labute approximate surface area is 195 Å². The summed E-state index contributed by atoms with van der Waals surface area (Å²) in [5, 5.41) is 18.8. The molecule has 1 saturated heterocycles. The molecule has 11 heteroatoms. The van der Waals surface area contributed by atoms with E-state index in [0.717, 1.165) is 44.3 Å². The van der Waals surface area contributed by atoms with Gasteiger partial charge in [-0.15, -0.1) is 0 Å². The second-order valence-corrected chi connectivity index (χ2v) is 9.10. The summed E-state index contributed by atoms with van der Waals surface area (Å²) in [6.45, 7) is 6.39. The zero-order chi connectivity index (χ0) is 24.3. The fourth-order valence-corrected chi connectivity index (χ4v) is 5.14. The van der Waals surface area contributed by atoms with Gasteiger partial charge in [0.15, 0.2) is 0 Å². The summed E-state index contributed by atoms with van der Waals surface area (Å²) >= 11 is 0. The lowest BCUT2D eigenvalue weighted by Gasteiger charge is -2.33. The summed E-state index contributed by atoms with van der Waals surface area (Å²) in [6, 6.07) is 3.35. The average Bonchev–Trinajstić information content (AvgIpc) is 3.47. The lowest BCUT2D eigenvalue weighted by atomic mass is 9.92. The summed E-state index contributed by atoms with van der Waals surface area (Å²) in [5.41, 5.74) is -1.60. The van der Waals surface area contributed by atoms with Gasteiger partial charge < -0.3 is 10.4 Å². The van der Waals surface area contributed by atoms with Gasteiger partial charge in [-0.2, -0.15) is 5.10 Å². The lowest BCUT2D eigenvalue weighted by Crippen LogP contribution is -2.44. The van der Waals surface area contributed by atoms with E-state index in [1.54, 1.807) is 0 Å². The van der Waals surface area contributed by atoms with Crippen molar-refractivity contribution < 1.29 is 18.3 Å². The van der Waals surface area contributed by atoms with Crippen molar-refractivity contribution in [2.75, 3.05) is 19.6 Å². The van der Waals surface area contributed by atoms with Gasteiger partial charge in [0.25, 0.3) is 0 Å². The van der Waals surface area contributed by atoms with E-state index in [1.807, 2.05) is 0 Å². The Balaban J connectivity index is 1.43. The average molecular weight is 476 g/mol. The number of aliphatic hydroxyl groups is 1. The maximum atomic E-state index is 14.7. The molecule has 0 bridgehead atoms. The maximum Gasteiger partial charge on any atom is 0.222 e. The van der Waals surface area contributed by atoms with Crippen LogP contribution in [0.25, 0.3) is 0 Å². The molecule has 0 spiro atoms. The number of aromatic nitrogens is 3. The Kier molecular flexibility index (Phi) is 7.13. The van der Waals surface area contributed by atoms with Gasteiger partial charge in [0.05, 0.1) is 12.7 Å². The highest BCUT2D eigenvalue weighted by Gasteiger charge is 2.44. The Hall–Kier alpha value is -3.05. The largest absolute Gasteiger partial charge is 0.382 e. The van der Waals surface area contributed by atoms with Crippen LogP contribution >= 0.6 is 0 Å². The second kappa shape index (κ2) is 10.1. The number of likely N-dealkylation sites (tertiary alicyclic amines) is 1. The topological polar surface area (TPSA) is 90.9 Å². The fourth-order valence-electron chi connectivity index (χ4n) is 5.14. The van der Waals surface area contributed by atoms with Crippen LogP contribution in [0.4, 0.5) is 13.2 Å². The molecule has 2 N–H and O–H groups in total. The van der Waals surface area contributed by atoms with E-state index in [-0.39, 0.29) is 30.7 Å². The highest BCUT2D eigenvalue weighted by molar-refractivity contribution is 5.84. The summed E-state index contributed by atoms with van der Waals surface area (Å²) in [7, 11) is 0. The first kappa shape index (κ1) is 24.1. The third-order valence-corrected chi connectivity index (χ3v) is 6.48. The molecule has 0 amide bonds. The highest BCUT2D eigenvalue weighted by atomic mass is 19.1. The van der Waals surface area contributed by atoms with Crippen molar-refractivity contribution in [1.29, 1.82) is 0 Å². The summed E-state index contributed by atoms with van der Waals surface area (Å²) < 4.78 is 42.6.